The summed E-state index contributed by atoms with van der Waals surface area (Å²) < 4.78 is 71.0. The minimum atomic E-state index is -5.15. The second kappa shape index (κ2) is 5.73. The molecule has 1 aromatic carbocycles. The van der Waals surface area contributed by atoms with Crippen molar-refractivity contribution in [1.82, 2.24) is 0 Å². The average molecular weight is 295 g/mol. The Balaban J connectivity index is 3.66. The summed E-state index contributed by atoms with van der Waals surface area (Å²) >= 11 is 0. The summed E-state index contributed by atoms with van der Waals surface area (Å²) in [4.78, 5) is 11.3. The number of rotatable bonds is 3. The summed E-state index contributed by atoms with van der Waals surface area (Å²) in [6, 6.07) is 2.62. The maximum Gasteiger partial charge on any atom is 0.421 e. The van der Waals surface area contributed by atoms with Crippen LogP contribution in [-0.2, 0) is 10.9 Å². The molecule has 0 spiro atoms. The number of carbonyl (C=O) groups excluding carboxylic acids is 1. The van der Waals surface area contributed by atoms with Crippen molar-refractivity contribution in [1.29, 1.82) is 5.26 Å². The van der Waals surface area contributed by atoms with Crippen molar-refractivity contribution in [3.8, 4) is 11.8 Å². The topological polar surface area (TPSA) is 59.3 Å². The summed E-state index contributed by atoms with van der Waals surface area (Å²) in [6.45, 7) is -3.60. The van der Waals surface area contributed by atoms with Gasteiger partial charge < -0.3 is 9.47 Å². The van der Waals surface area contributed by atoms with E-state index in [1.54, 1.807) is 0 Å². The van der Waals surface area contributed by atoms with Gasteiger partial charge in [0, 0.05) is 0 Å². The summed E-state index contributed by atoms with van der Waals surface area (Å²) in [6.07, 6.45) is -5.15. The number of methoxy groups -OCH3 is 1. The summed E-state index contributed by atoms with van der Waals surface area (Å²) in [7, 11) is 0.861. The number of halogens is 5. The van der Waals surface area contributed by atoms with Crippen LogP contribution in [0.25, 0.3) is 0 Å². The van der Waals surface area contributed by atoms with Gasteiger partial charge in [-0.25, -0.2) is 4.79 Å². The molecule has 0 saturated carbocycles. The first kappa shape index (κ1) is 15.7. The molecule has 0 aromatic heterocycles. The fourth-order valence-corrected chi connectivity index (χ4v) is 1.44. The molecule has 0 amide bonds. The van der Waals surface area contributed by atoms with E-state index in [1.165, 1.54) is 6.07 Å². The lowest BCUT2D eigenvalue weighted by Crippen LogP contribution is -2.17. The molecule has 0 aliphatic heterocycles. The Hall–Kier alpha value is -2.37. The van der Waals surface area contributed by atoms with Crippen LogP contribution < -0.4 is 4.74 Å². The van der Waals surface area contributed by atoms with Crippen LogP contribution in [0.5, 0.6) is 5.75 Å². The minimum Gasteiger partial charge on any atom is -0.465 e. The SMILES string of the molecule is COC(=O)c1ccc(C#N)c(C(F)(F)F)c1OC(F)F. The van der Waals surface area contributed by atoms with Crippen molar-refractivity contribution in [3.05, 3.63) is 28.8 Å². The molecule has 0 aliphatic carbocycles. The quantitative estimate of drug-likeness (QED) is 0.635. The van der Waals surface area contributed by atoms with Crippen molar-refractivity contribution < 1.29 is 36.2 Å². The molecule has 9 heteroatoms. The first-order chi connectivity index (χ1) is 9.22. The Morgan fingerprint density at radius 1 is 1.35 bits per heavy atom. The maximum atomic E-state index is 12.9. The van der Waals surface area contributed by atoms with E-state index in [2.05, 4.69) is 9.47 Å². The lowest BCUT2D eigenvalue weighted by molar-refractivity contribution is -0.142. The number of nitriles is 1. The van der Waals surface area contributed by atoms with Crippen LogP contribution in [-0.4, -0.2) is 19.7 Å². The average Bonchev–Trinajstić information content (AvgIpc) is 2.35. The van der Waals surface area contributed by atoms with E-state index >= 15 is 0 Å². The molecule has 0 heterocycles. The third-order valence-corrected chi connectivity index (χ3v) is 2.17. The molecule has 20 heavy (non-hydrogen) atoms. The van der Waals surface area contributed by atoms with Gasteiger partial charge in [0.2, 0.25) is 0 Å². The van der Waals surface area contributed by atoms with E-state index in [4.69, 9.17) is 5.26 Å². The fourth-order valence-electron chi connectivity index (χ4n) is 1.44. The Labute approximate surface area is 109 Å². The molecule has 0 N–H and O–H groups in total. The molecule has 0 fully saturated rings. The second-order valence-corrected chi connectivity index (χ2v) is 3.34. The highest BCUT2D eigenvalue weighted by Crippen LogP contribution is 2.41. The molecule has 0 saturated heterocycles. The lowest BCUT2D eigenvalue weighted by atomic mass is 10.0. The standard InChI is InChI=1S/C11H6F5NO3/c1-19-9(18)6-3-2-5(4-17)7(11(14,15)16)8(6)20-10(12)13/h2-3,10H,1H3. The van der Waals surface area contributed by atoms with E-state index in [-0.39, 0.29) is 0 Å². The maximum absolute atomic E-state index is 12.9. The molecular formula is C11H6F5NO3. The number of nitrogens with zero attached hydrogens (tertiary/aromatic N) is 1. The van der Waals surface area contributed by atoms with Crippen molar-refractivity contribution in [2.75, 3.05) is 7.11 Å². The highest BCUT2D eigenvalue weighted by Gasteiger charge is 2.40. The van der Waals surface area contributed by atoms with Gasteiger partial charge in [0.1, 0.15) is 11.1 Å². The zero-order valence-electron chi connectivity index (χ0n) is 9.79. The monoisotopic (exact) mass is 295 g/mol. The summed E-state index contributed by atoms with van der Waals surface area (Å²) in [5.41, 5.74) is -3.54. The number of benzene rings is 1. The molecular weight excluding hydrogens is 289 g/mol. The normalized spacial score (nSPS) is 11.1. The predicted octanol–water partition coefficient (Wildman–Crippen LogP) is 2.97. The predicted molar refractivity (Wildman–Crippen MR) is 54.1 cm³/mol. The van der Waals surface area contributed by atoms with E-state index in [0.717, 1.165) is 13.2 Å². The number of hydrogen-bond acceptors (Lipinski definition) is 4. The fraction of sp³-hybridized carbons (Fsp3) is 0.273. The molecule has 0 unspecified atom stereocenters. The van der Waals surface area contributed by atoms with Gasteiger partial charge in [-0.3, -0.25) is 0 Å². The summed E-state index contributed by atoms with van der Waals surface area (Å²) in [5.74, 6) is -2.73. The van der Waals surface area contributed by atoms with Gasteiger partial charge in [0.15, 0.2) is 5.75 Å². The molecule has 0 bridgehead atoms. The zero-order valence-corrected chi connectivity index (χ0v) is 9.79. The van der Waals surface area contributed by atoms with Gasteiger partial charge in [-0.15, -0.1) is 0 Å². The highest BCUT2D eigenvalue weighted by molar-refractivity contribution is 5.93. The van der Waals surface area contributed by atoms with E-state index in [0.29, 0.717) is 6.07 Å². The van der Waals surface area contributed by atoms with Crippen LogP contribution in [0.15, 0.2) is 12.1 Å². The van der Waals surface area contributed by atoms with Crippen molar-refractivity contribution >= 4 is 5.97 Å². The van der Waals surface area contributed by atoms with E-state index in [9.17, 15) is 26.7 Å². The van der Waals surface area contributed by atoms with Crippen molar-refractivity contribution in [2.45, 2.75) is 12.8 Å². The van der Waals surface area contributed by atoms with Gasteiger partial charge in [-0.2, -0.15) is 27.2 Å². The van der Waals surface area contributed by atoms with Gasteiger partial charge >= 0.3 is 18.8 Å². The largest absolute Gasteiger partial charge is 0.465 e. The first-order valence-corrected chi connectivity index (χ1v) is 4.89. The van der Waals surface area contributed by atoms with Gasteiger partial charge in [0.25, 0.3) is 0 Å². The van der Waals surface area contributed by atoms with Crippen LogP contribution in [0.4, 0.5) is 22.0 Å². The summed E-state index contributed by atoms with van der Waals surface area (Å²) in [5, 5.41) is 8.62. The number of carbonyl (C=O) groups is 1. The molecule has 0 aliphatic rings. The Bertz CT molecular complexity index is 562. The van der Waals surface area contributed by atoms with Gasteiger partial charge in [-0.1, -0.05) is 0 Å². The Morgan fingerprint density at radius 3 is 2.35 bits per heavy atom. The van der Waals surface area contributed by atoms with Crippen LogP contribution >= 0.6 is 0 Å². The lowest BCUT2D eigenvalue weighted by Gasteiger charge is -2.17. The second-order valence-electron chi connectivity index (χ2n) is 3.34. The number of alkyl halides is 5. The van der Waals surface area contributed by atoms with Crippen molar-refractivity contribution in [3.63, 3.8) is 0 Å². The van der Waals surface area contributed by atoms with Crippen LogP contribution in [0, 0.1) is 11.3 Å². The van der Waals surface area contributed by atoms with E-state index in [1.807, 2.05) is 0 Å². The Morgan fingerprint density at radius 2 is 1.95 bits per heavy atom. The third kappa shape index (κ3) is 3.14. The number of ether oxygens (including phenoxy) is 2. The molecule has 0 radical (unpaired) electrons. The van der Waals surface area contributed by atoms with Crippen molar-refractivity contribution in [2.24, 2.45) is 0 Å². The first-order valence-electron chi connectivity index (χ1n) is 4.89. The van der Waals surface area contributed by atoms with Crippen LogP contribution in [0.1, 0.15) is 21.5 Å². The Kier molecular flexibility index (Phi) is 4.49. The molecule has 1 aromatic rings. The van der Waals surface area contributed by atoms with Gasteiger partial charge in [0.05, 0.1) is 18.7 Å². The third-order valence-electron chi connectivity index (χ3n) is 2.17. The van der Waals surface area contributed by atoms with E-state index < -0.39 is 41.2 Å². The minimum absolute atomic E-state index is 0.674. The highest BCUT2D eigenvalue weighted by atomic mass is 19.4. The van der Waals surface area contributed by atoms with Gasteiger partial charge in [-0.05, 0) is 12.1 Å². The molecule has 0 atom stereocenters. The molecule has 1 rings (SSSR count). The van der Waals surface area contributed by atoms with Crippen LogP contribution in [0.3, 0.4) is 0 Å². The molecule has 4 nitrogen and oxygen atoms in total. The smallest absolute Gasteiger partial charge is 0.421 e. The number of esters is 1. The number of hydrogen-bond donors (Lipinski definition) is 0. The molecule has 108 valence electrons. The van der Waals surface area contributed by atoms with Crippen LogP contribution in [0.2, 0.25) is 0 Å². The zero-order chi connectivity index (χ0) is 15.5.